The molecule has 8 rings (SSSR count). The van der Waals surface area contributed by atoms with E-state index in [0.717, 1.165) is 64.7 Å². The number of piperazine rings is 1. The Morgan fingerprint density at radius 3 is 2.60 bits per heavy atom. The molecular formula is C31H32FN7O3. The number of benzene rings is 2. The normalized spacial score (nSPS) is 23.1. The highest BCUT2D eigenvalue weighted by Gasteiger charge is 2.45. The maximum atomic E-state index is 16.7. The van der Waals surface area contributed by atoms with E-state index in [2.05, 4.69) is 25.1 Å². The van der Waals surface area contributed by atoms with E-state index in [1.807, 2.05) is 6.07 Å². The van der Waals surface area contributed by atoms with Crippen molar-refractivity contribution < 1.29 is 14.1 Å². The van der Waals surface area contributed by atoms with Gasteiger partial charge in [0, 0.05) is 65.5 Å². The van der Waals surface area contributed by atoms with Crippen LogP contribution in [0.25, 0.3) is 32.8 Å². The monoisotopic (exact) mass is 569 g/mol. The van der Waals surface area contributed by atoms with Crippen LogP contribution < -0.4 is 15.0 Å². The summed E-state index contributed by atoms with van der Waals surface area (Å²) in [5, 5.41) is 17.1. The third-order valence-corrected chi connectivity index (χ3v) is 9.81. The fraction of sp³-hybridized carbons (Fsp3) is 0.452. The molecule has 0 spiro atoms. The molecule has 0 radical (unpaired) electrons. The minimum atomic E-state index is -0.562. The summed E-state index contributed by atoms with van der Waals surface area (Å²) in [6.07, 6.45) is 9.74. The van der Waals surface area contributed by atoms with Crippen LogP contribution in [0.15, 0.2) is 42.7 Å². The maximum absolute atomic E-state index is 16.7. The van der Waals surface area contributed by atoms with E-state index in [1.165, 1.54) is 12.3 Å². The largest absolute Gasteiger partial charge is 0.461 e. The Bertz CT molecular complexity index is 1710. The molecule has 4 saturated heterocycles. The Morgan fingerprint density at radius 2 is 1.83 bits per heavy atom. The zero-order valence-electron chi connectivity index (χ0n) is 23.3. The number of halogens is 1. The number of hydrogen-bond donors (Lipinski definition) is 1. The van der Waals surface area contributed by atoms with Crippen LogP contribution in [0, 0.1) is 15.9 Å². The molecule has 4 fully saturated rings. The Kier molecular flexibility index (Phi) is 6.01. The van der Waals surface area contributed by atoms with Crippen LogP contribution in [-0.4, -0.2) is 75.2 Å². The molecule has 4 aromatic rings. The van der Waals surface area contributed by atoms with Crippen molar-refractivity contribution in [1.82, 2.24) is 25.2 Å². The number of anilines is 1. The lowest BCUT2D eigenvalue weighted by molar-refractivity contribution is -0.383. The van der Waals surface area contributed by atoms with Crippen molar-refractivity contribution in [2.24, 2.45) is 0 Å². The Morgan fingerprint density at radius 1 is 1.05 bits per heavy atom. The molecule has 11 heteroatoms. The quantitative estimate of drug-likeness (QED) is 0.258. The number of nitrogens with one attached hydrogen (secondary N) is 1. The van der Waals surface area contributed by atoms with Crippen LogP contribution in [0.2, 0.25) is 0 Å². The highest BCUT2D eigenvalue weighted by molar-refractivity contribution is 6.04. The van der Waals surface area contributed by atoms with Gasteiger partial charge in [-0.3, -0.25) is 20.0 Å². The van der Waals surface area contributed by atoms with Crippen molar-refractivity contribution >= 4 is 33.2 Å². The van der Waals surface area contributed by atoms with Crippen LogP contribution in [0.5, 0.6) is 6.01 Å². The molecule has 2 aromatic carbocycles. The minimum absolute atomic E-state index is 0.000580. The van der Waals surface area contributed by atoms with Gasteiger partial charge in [0.25, 0.3) is 5.69 Å². The van der Waals surface area contributed by atoms with Gasteiger partial charge in [0.2, 0.25) is 0 Å². The van der Waals surface area contributed by atoms with Crippen molar-refractivity contribution in [2.45, 2.75) is 56.1 Å². The molecule has 0 unspecified atom stereocenters. The van der Waals surface area contributed by atoms with E-state index in [1.54, 1.807) is 24.4 Å². The van der Waals surface area contributed by atoms with E-state index in [-0.39, 0.29) is 28.3 Å². The van der Waals surface area contributed by atoms with Gasteiger partial charge in [0.1, 0.15) is 17.9 Å². The molecule has 0 saturated carbocycles. The highest BCUT2D eigenvalue weighted by atomic mass is 19.1. The molecule has 10 nitrogen and oxygen atoms in total. The average Bonchev–Trinajstić information content (AvgIpc) is 3.69. The molecule has 4 aliphatic heterocycles. The number of fused-ring (bicyclic) bond motifs is 5. The van der Waals surface area contributed by atoms with Crippen LogP contribution in [0.3, 0.4) is 0 Å². The number of non-ortho nitro benzene ring substituents is 1. The molecule has 42 heavy (non-hydrogen) atoms. The number of hydrogen-bond acceptors (Lipinski definition) is 9. The van der Waals surface area contributed by atoms with Gasteiger partial charge in [-0.15, -0.1) is 0 Å². The zero-order valence-corrected chi connectivity index (χ0v) is 23.3. The van der Waals surface area contributed by atoms with Gasteiger partial charge in [-0.05, 0) is 57.7 Å². The van der Waals surface area contributed by atoms with Gasteiger partial charge in [0.05, 0.1) is 15.8 Å². The van der Waals surface area contributed by atoms with Gasteiger partial charge in [-0.1, -0.05) is 18.2 Å². The summed E-state index contributed by atoms with van der Waals surface area (Å²) < 4.78 is 23.0. The predicted octanol–water partition coefficient (Wildman–Crippen LogP) is 4.84. The number of aromatic nitrogens is 3. The van der Waals surface area contributed by atoms with Gasteiger partial charge >= 0.3 is 6.01 Å². The Hall–Kier alpha value is -3.96. The Labute approximate surface area is 242 Å². The van der Waals surface area contributed by atoms with Crippen LogP contribution in [0.1, 0.15) is 38.5 Å². The third-order valence-electron chi connectivity index (χ3n) is 9.81. The van der Waals surface area contributed by atoms with Crippen molar-refractivity contribution in [3.8, 4) is 17.1 Å². The molecule has 216 valence electrons. The van der Waals surface area contributed by atoms with Gasteiger partial charge < -0.3 is 15.0 Å². The second-order valence-electron chi connectivity index (χ2n) is 12.2. The lowest BCUT2D eigenvalue weighted by atomic mass is 9.95. The topological polar surface area (TPSA) is 110 Å². The van der Waals surface area contributed by atoms with Crippen LogP contribution in [-0.2, 0) is 0 Å². The molecule has 6 heterocycles. The average molecular weight is 570 g/mol. The number of nitrogens with zero attached hydrogens (tertiary/aromatic N) is 6. The smallest absolute Gasteiger partial charge is 0.319 e. The standard InChI is InChI=1S/C31H32FN7O3/c32-27-22(24-15-33-14-19-4-1-5-25(26(19)24)39(40)41)8-9-23-28(27)35-30(42-18-31-10-2-12-38(31)13-3-11-31)36-29(23)37-16-20-6-7-21(17-37)34-20/h1,4-5,8-9,14-15,20-21,34H,2-3,6-7,10-13,16-18H2/t20-,21+. The summed E-state index contributed by atoms with van der Waals surface area (Å²) >= 11 is 0. The van der Waals surface area contributed by atoms with E-state index in [9.17, 15) is 10.1 Å². The zero-order chi connectivity index (χ0) is 28.4. The number of nitro groups is 1. The van der Waals surface area contributed by atoms with Crippen molar-refractivity contribution in [2.75, 3.05) is 37.7 Å². The SMILES string of the molecule is O=[N+]([O-])c1cccc2cncc(-c3ccc4c(N5C[C@H]6CC[C@@H](C5)N6)nc(OCC56CCCN5CCC6)nc4c3F)c12. The van der Waals surface area contributed by atoms with Gasteiger partial charge in [0.15, 0.2) is 5.82 Å². The molecular weight excluding hydrogens is 537 g/mol. The fourth-order valence-electron chi connectivity index (χ4n) is 7.84. The maximum Gasteiger partial charge on any atom is 0.319 e. The van der Waals surface area contributed by atoms with Crippen molar-refractivity contribution in [1.29, 1.82) is 0 Å². The molecule has 0 amide bonds. The van der Waals surface area contributed by atoms with Crippen LogP contribution >= 0.6 is 0 Å². The molecule has 1 N–H and O–H groups in total. The summed E-state index contributed by atoms with van der Waals surface area (Å²) in [7, 11) is 0. The fourth-order valence-corrected chi connectivity index (χ4v) is 7.84. The van der Waals surface area contributed by atoms with Crippen LogP contribution in [0.4, 0.5) is 15.9 Å². The van der Waals surface area contributed by atoms with Crippen molar-refractivity contribution in [3.05, 3.63) is 58.7 Å². The van der Waals surface area contributed by atoms with E-state index >= 15 is 4.39 Å². The molecule has 2 aromatic heterocycles. The number of pyridine rings is 1. The molecule has 0 aliphatic carbocycles. The first-order chi connectivity index (χ1) is 20.5. The van der Waals surface area contributed by atoms with E-state index < -0.39 is 10.7 Å². The summed E-state index contributed by atoms with van der Waals surface area (Å²) in [6, 6.07) is 9.21. The summed E-state index contributed by atoms with van der Waals surface area (Å²) in [6.45, 7) is 4.20. The molecule has 2 atom stereocenters. The summed E-state index contributed by atoms with van der Waals surface area (Å²) in [4.78, 5) is 30.1. The first-order valence-corrected chi connectivity index (χ1v) is 14.9. The van der Waals surface area contributed by atoms with E-state index in [0.29, 0.717) is 46.2 Å². The predicted molar refractivity (Wildman–Crippen MR) is 157 cm³/mol. The number of nitro benzene ring substituents is 1. The summed E-state index contributed by atoms with van der Waals surface area (Å²) in [5.41, 5.74) is 0.627. The van der Waals surface area contributed by atoms with Gasteiger partial charge in [-0.25, -0.2) is 4.39 Å². The summed E-state index contributed by atoms with van der Waals surface area (Å²) in [5.74, 6) is 0.112. The first-order valence-electron chi connectivity index (χ1n) is 14.9. The second-order valence-corrected chi connectivity index (χ2v) is 12.2. The van der Waals surface area contributed by atoms with Crippen molar-refractivity contribution in [3.63, 3.8) is 0 Å². The molecule has 2 bridgehead atoms. The number of ether oxygens (including phenoxy) is 1. The Balaban J connectivity index is 1.27. The lowest BCUT2D eigenvalue weighted by Gasteiger charge is -2.34. The second kappa shape index (κ2) is 9.81. The lowest BCUT2D eigenvalue weighted by Crippen LogP contribution is -2.51. The first kappa shape index (κ1) is 25.7. The minimum Gasteiger partial charge on any atom is -0.461 e. The molecule has 4 aliphatic rings. The third kappa shape index (κ3) is 4.09. The highest BCUT2D eigenvalue weighted by Crippen LogP contribution is 2.41. The van der Waals surface area contributed by atoms with Gasteiger partial charge in [-0.2, -0.15) is 9.97 Å². The number of rotatable bonds is 6. The van der Waals surface area contributed by atoms with E-state index in [4.69, 9.17) is 9.72 Å².